The van der Waals surface area contributed by atoms with Crippen molar-refractivity contribution in [3.8, 4) is 0 Å². The molecule has 0 amide bonds. The third kappa shape index (κ3) is 4.39. The number of rotatable bonds is 9. The maximum atomic E-state index is 3.91. The minimum absolute atomic E-state index is 0.296. The molecule has 0 aliphatic carbocycles. The van der Waals surface area contributed by atoms with Crippen molar-refractivity contribution in [1.82, 2.24) is 20.7 Å². The lowest BCUT2D eigenvalue weighted by atomic mass is 9.95. The predicted molar refractivity (Wildman–Crippen MR) is 118 cm³/mol. The van der Waals surface area contributed by atoms with E-state index in [0.29, 0.717) is 6.04 Å². The van der Waals surface area contributed by atoms with Crippen LogP contribution >= 0.6 is 0 Å². The van der Waals surface area contributed by atoms with E-state index in [9.17, 15) is 0 Å². The summed E-state index contributed by atoms with van der Waals surface area (Å²) in [6.45, 7) is 8.25. The molecule has 0 saturated carbocycles. The Hall–Kier alpha value is -1.92. The Kier molecular flexibility index (Phi) is 7.45. The van der Waals surface area contributed by atoms with Gasteiger partial charge >= 0.3 is 0 Å². The number of benzene rings is 2. The molecule has 2 atom stereocenters. The molecule has 3 rings (SSSR count). The minimum Gasteiger partial charge on any atom is -0.352 e. The van der Waals surface area contributed by atoms with Gasteiger partial charge in [-0.15, -0.1) is 0 Å². The molecule has 1 fully saturated rings. The van der Waals surface area contributed by atoms with Crippen molar-refractivity contribution in [3.63, 3.8) is 0 Å². The van der Waals surface area contributed by atoms with Crippen LogP contribution in [-0.2, 0) is 6.54 Å². The fourth-order valence-corrected chi connectivity index (χ4v) is 4.41. The molecule has 0 bridgehead atoms. The minimum atomic E-state index is -0.341. The predicted octanol–water partition coefficient (Wildman–Crippen LogP) is 3.48. The second-order valence-corrected chi connectivity index (χ2v) is 7.35. The van der Waals surface area contributed by atoms with Gasteiger partial charge in [0.15, 0.2) is 5.79 Å². The lowest BCUT2D eigenvalue weighted by molar-refractivity contribution is -0.111. The van der Waals surface area contributed by atoms with Crippen LogP contribution in [0.1, 0.15) is 32.3 Å². The van der Waals surface area contributed by atoms with Crippen molar-refractivity contribution in [2.24, 2.45) is 0 Å². The molecule has 2 aromatic carbocycles. The van der Waals surface area contributed by atoms with Crippen LogP contribution in [0.15, 0.2) is 60.7 Å². The molecule has 0 aromatic heterocycles. The van der Waals surface area contributed by atoms with Gasteiger partial charge in [-0.25, -0.2) is 10.4 Å². The topological polar surface area (TPSA) is 42.6 Å². The van der Waals surface area contributed by atoms with Crippen molar-refractivity contribution < 1.29 is 0 Å². The highest BCUT2D eigenvalue weighted by Crippen LogP contribution is 2.32. The van der Waals surface area contributed by atoms with Gasteiger partial charge in [-0.05, 0) is 50.7 Å². The molecule has 1 aliphatic rings. The number of nitrogens with one attached hydrogen (secondary N) is 3. The Labute approximate surface area is 170 Å². The van der Waals surface area contributed by atoms with Crippen molar-refractivity contribution in [3.05, 3.63) is 66.2 Å². The third-order valence-corrected chi connectivity index (χ3v) is 5.78. The van der Waals surface area contributed by atoms with Crippen molar-refractivity contribution >= 4 is 5.69 Å². The Bertz CT molecular complexity index is 679. The highest BCUT2D eigenvalue weighted by molar-refractivity contribution is 5.45. The van der Waals surface area contributed by atoms with E-state index in [0.717, 1.165) is 44.7 Å². The fraction of sp³-hybridized carbons (Fsp3) is 0.478. The van der Waals surface area contributed by atoms with Crippen LogP contribution < -0.4 is 16.1 Å². The lowest BCUT2D eigenvalue weighted by Gasteiger charge is -2.57. The number of likely N-dealkylation sites (N-methyl/N-ethyl adjacent to an activating group) is 2. The molecule has 0 spiro atoms. The van der Waals surface area contributed by atoms with E-state index in [1.165, 1.54) is 5.56 Å². The molecule has 5 heteroatoms. The summed E-state index contributed by atoms with van der Waals surface area (Å²) in [7, 11) is 2.08. The van der Waals surface area contributed by atoms with Crippen LogP contribution in [0.4, 0.5) is 5.69 Å². The summed E-state index contributed by atoms with van der Waals surface area (Å²) >= 11 is 0. The van der Waals surface area contributed by atoms with Gasteiger partial charge < -0.3 is 10.6 Å². The summed E-state index contributed by atoms with van der Waals surface area (Å²) in [4.78, 5) is 2.53. The van der Waals surface area contributed by atoms with Crippen LogP contribution in [0.5, 0.6) is 0 Å². The summed E-state index contributed by atoms with van der Waals surface area (Å²) in [5.74, 6) is -0.341. The summed E-state index contributed by atoms with van der Waals surface area (Å²) in [5, 5.41) is 9.94. The number of piperidine rings is 1. The number of para-hydroxylation sites is 1. The van der Waals surface area contributed by atoms with E-state index in [-0.39, 0.29) is 5.79 Å². The van der Waals surface area contributed by atoms with Crippen LogP contribution in [-0.4, -0.2) is 48.4 Å². The van der Waals surface area contributed by atoms with Gasteiger partial charge in [0.1, 0.15) is 0 Å². The molecule has 152 valence electrons. The molecule has 28 heavy (non-hydrogen) atoms. The lowest BCUT2D eigenvalue weighted by Crippen LogP contribution is -2.78. The smallest absolute Gasteiger partial charge is 0.177 e. The normalized spacial score (nSPS) is 23.1. The number of hydrazine groups is 1. The molecule has 1 aliphatic heterocycles. The monoisotopic (exact) mass is 381 g/mol. The Balaban J connectivity index is 1.95. The first kappa shape index (κ1) is 20.8. The number of nitrogens with zero attached hydrogens (tertiary/aromatic N) is 2. The first-order chi connectivity index (χ1) is 13.7. The maximum absolute atomic E-state index is 3.91. The molecular formula is C23H35N5. The zero-order valence-electron chi connectivity index (χ0n) is 17.5. The van der Waals surface area contributed by atoms with Gasteiger partial charge in [-0.2, -0.15) is 0 Å². The molecule has 2 unspecified atom stereocenters. The molecule has 3 N–H and O–H groups in total. The van der Waals surface area contributed by atoms with Gasteiger partial charge in [0, 0.05) is 18.8 Å². The SMILES string of the molecule is CCN(CC)C1(Nc2ccccc2)C(NC)CCCN1NCc1ccccc1. The fourth-order valence-electron chi connectivity index (χ4n) is 4.41. The van der Waals surface area contributed by atoms with E-state index in [2.05, 4.69) is 108 Å². The average molecular weight is 382 g/mol. The average Bonchev–Trinajstić information content (AvgIpc) is 2.75. The van der Waals surface area contributed by atoms with Crippen molar-refractivity contribution in [2.75, 3.05) is 32.0 Å². The highest BCUT2D eigenvalue weighted by atomic mass is 15.7. The maximum Gasteiger partial charge on any atom is 0.177 e. The summed E-state index contributed by atoms with van der Waals surface area (Å²) in [5.41, 5.74) is 6.19. The zero-order valence-corrected chi connectivity index (χ0v) is 17.5. The van der Waals surface area contributed by atoms with Crippen LogP contribution in [0.3, 0.4) is 0 Å². The first-order valence-electron chi connectivity index (χ1n) is 10.5. The van der Waals surface area contributed by atoms with E-state index >= 15 is 0 Å². The van der Waals surface area contributed by atoms with Gasteiger partial charge in [-0.1, -0.05) is 62.4 Å². The quantitative estimate of drug-likeness (QED) is 0.580. The third-order valence-electron chi connectivity index (χ3n) is 5.78. The Morgan fingerprint density at radius 2 is 1.64 bits per heavy atom. The Morgan fingerprint density at radius 1 is 1.00 bits per heavy atom. The second kappa shape index (κ2) is 10.0. The van der Waals surface area contributed by atoms with Crippen LogP contribution in [0, 0.1) is 0 Å². The second-order valence-electron chi connectivity index (χ2n) is 7.35. The summed E-state index contributed by atoms with van der Waals surface area (Å²) in [6.07, 6.45) is 2.29. The van der Waals surface area contributed by atoms with Gasteiger partial charge in [-0.3, -0.25) is 4.90 Å². The van der Waals surface area contributed by atoms with Crippen LogP contribution in [0.2, 0.25) is 0 Å². The zero-order chi connectivity index (χ0) is 19.8. The first-order valence-corrected chi connectivity index (χ1v) is 10.5. The van der Waals surface area contributed by atoms with E-state index in [4.69, 9.17) is 0 Å². The summed E-state index contributed by atoms with van der Waals surface area (Å²) in [6, 6.07) is 21.5. The molecule has 0 radical (unpaired) electrons. The van der Waals surface area contributed by atoms with E-state index in [1.54, 1.807) is 0 Å². The van der Waals surface area contributed by atoms with Gasteiger partial charge in [0.2, 0.25) is 0 Å². The molecular weight excluding hydrogens is 346 g/mol. The number of hydrogen-bond acceptors (Lipinski definition) is 5. The number of anilines is 1. The largest absolute Gasteiger partial charge is 0.352 e. The van der Waals surface area contributed by atoms with Crippen LogP contribution in [0.25, 0.3) is 0 Å². The number of hydrogen-bond donors (Lipinski definition) is 3. The highest BCUT2D eigenvalue weighted by Gasteiger charge is 2.49. The van der Waals surface area contributed by atoms with E-state index < -0.39 is 0 Å². The molecule has 1 heterocycles. The van der Waals surface area contributed by atoms with Gasteiger partial charge in [0.25, 0.3) is 0 Å². The molecule has 2 aromatic rings. The standard InChI is InChI=1S/C23H35N5/c1-4-27(5-2)23(26-21-15-10-7-11-16-21)22(24-3)17-12-18-28(23)25-19-20-13-8-6-9-14-20/h6-11,13-16,22,24-26H,4-5,12,17-19H2,1-3H3. The molecule has 5 nitrogen and oxygen atoms in total. The molecule has 1 saturated heterocycles. The van der Waals surface area contributed by atoms with Gasteiger partial charge in [0.05, 0.1) is 6.04 Å². The van der Waals surface area contributed by atoms with E-state index in [1.807, 2.05) is 0 Å². The Morgan fingerprint density at radius 3 is 2.25 bits per heavy atom. The summed E-state index contributed by atoms with van der Waals surface area (Å²) < 4.78 is 0. The van der Waals surface area contributed by atoms with Crippen molar-refractivity contribution in [1.29, 1.82) is 0 Å². The van der Waals surface area contributed by atoms with Crippen molar-refractivity contribution in [2.45, 2.75) is 45.1 Å².